The Morgan fingerprint density at radius 3 is 1.95 bits per heavy atom. The first kappa shape index (κ1) is 18.6. The number of rotatable bonds is 6. The van der Waals surface area contributed by atoms with Crippen molar-refractivity contribution in [2.24, 2.45) is 0 Å². The van der Waals surface area contributed by atoms with E-state index in [1.807, 2.05) is 0 Å². The van der Waals surface area contributed by atoms with Crippen LogP contribution >= 0.6 is 0 Å². The predicted octanol–water partition coefficient (Wildman–Crippen LogP) is 2.77. The molecular formula is C13H26O4SSi. The van der Waals surface area contributed by atoms with Crippen LogP contribution in [0.5, 0.6) is 0 Å². The Morgan fingerprint density at radius 1 is 1.05 bits per heavy atom. The van der Waals surface area contributed by atoms with Crippen molar-refractivity contribution in [3.63, 3.8) is 0 Å². The second-order valence-corrected chi connectivity index (χ2v) is 12.4. The molecular weight excluding hydrogens is 280 g/mol. The summed E-state index contributed by atoms with van der Waals surface area (Å²) in [6, 6.07) is 0. The first-order valence-corrected chi connectivity index (χ1v) is 11.1. The SMILES string of the molecule is CC(C)(C)[Si](C)(C)OCCC#CCCOS(C)(=O)=O. The summed E-state index contributed by atoms with van der Waals surface area (Å²) in [5.41, 5.74) is 0. The van der Waals surface area contributed by atoms with Crippen LogP contribution in [0.1, 0.15) is 33.6 Å². The topological polar surface area (TPSA) is 52.6 Å². The maximum absolute atomic E-state index is 10.7. The molecule has 0 rings (SSSR count). The molecule has 0 aliphatic carbocycles. The van der Waals surface area contributed by atoms with E-state index in [2.05, 4.69) is 49.9 Å². The molecule has 0 radical (unpaired) electrons. The summed E-state index contributed by atoms with van der Waals surface area (Å²) in [7, 11) is -5.02. The highest BCUT2D eigenvalue weighted by Gasteiger charge is 2.36. The lowest BCUT2D eigenvalue weighted by Gasteiger charge is -2.35. The zero-order valence-corrected chi connectivity index (χ0v) is 14.7. The monoisotopic (exact) mass is 306 g/mol. The summed E-state index contributed by atoms with van der Waals surface area (Å²) >= 11 is 0. The van der Waals surface area contributed by atoms with Crippen molar-refractivity contribution in [3.05, 3.63) is 0 Å². The maximum Gasteiger partial charge on any atom is 0.264 e. The smallest absolute Gasteiger partial charge is 0.264 e. The van der Waals surface area contributed by atoms with Crippen molar-refractivity contribution in [1.82, 2.24) is 0 Å². The first-order valence-electron chi connectivity index (χ1n) is 6.40. The van der Waals surface area contributed by atoms with Crippen LogP contribution < -0.4 is 0 Å². The minimum absolute atomic E-state index is 0.120. The van der Waals surface area contributed by atoms with Gasteiger partial charge in [0.1, 0.15) is 0 Å². The summed E-state index contributed by atoms with van der Waals surface area (Å²) in [4.78, 5) is 0. The second-order valence-electron chi connectivity index (χ2n) is 5.99. The van der Waals surface area contributed by atoms with E-state index in [0.29, 0.717) is 19.4 Å². The van der Waals surface area contributed by atoms with E-state index in [1.165, 1.54) is 0 Å². The van der Waals surface area contributed by atoms with Gasteiger partial charge in [0, 0.05) is 19.4 Å². The van der Waals surface area contributed by atoms with Gasteiger partial charge in [-0.1, -0.05) is 20.8 Å². The molecule has 0 aromatic carbocycles. The minimum atomic E-state index is -3.34. The van der Waals surface area contributed by atoms with E-state index in [4.69, 9.17) is 4.43 Å². The quantitative estimate of drug-likeness (QED) is 0.328. The molecule has 6 heteroatoms. The van der Waals surface area contributed by atoms with E-state index >= 15 is 0 Å². The van der Waals surface area contributed by atoms with Crippen LogP contribution in [0, 0.1) is 11.8 Å². The van der Waals surface area contributed by atoms with Crippen molar-refractivity contribution >= 4 is 18.4 Å². The van der Waals surface area contributed by atoms with Crippen LogP contribution in [-0.2, 0) is 18.7 Å². The predicted molar refractivity (Wildman–Crippen MR) is 81.0 cm³/mol. The molecule has 0 amide bonds. The fraction of sp³-hybridized carbons (Fsp3) is 0.846. The molecule has 0 heterocycles. The third kappa shape index (κ3) is 9.22. The number of hydrogen-bond donors (Lipinski definition) is 0. The molecule has 0 aliphatic rings. The largest absolute Gasteiger partial charge is 0.416 e. The van der Waals surface area contributed by atoms with Gasteiger partial charge in [-0.05, 0) is 18.1 Å². The van der Waals surface area contributed by atoms with Crippen LogP contribution in [0.3, 0.4) is 0 Å². The van der Waals surface area contributed by atoms with Gasteiger partial charge < -0.3 is 4.43 Å². The molecule has 0 saturated carbocycles. The summed E-state index contributed by atoms with van der Waals surface area (Å²) < 4.78 is 31.9. The average molecular weight is 306 g/mol. The lowest BCUT2D eigenvalue weighted by atomic mass is 10.2. The Hall–Kier alpha value is -0.353. The molecule has 112 valence electrons. The molecule has 0 aromatic rings. The van der Waals surface area contributed by atoms with Gasteiger partial charge in [0.15, 0.2) is 8.32 Å². The van der Waals surface area contributed by atoms with Crippen LogP contribution in [0.25, 0.3) is 0 Å². The van der Waals surface area contributed by atoms with Gasteiger partial charge in [-0.3, -0.25) is 4.18 Å². The molecule has 0 N–H and O–H groups in total. The van der Waals surface area contributed by atoms with Crippen molar-refractivity contribution in [2.45, 2.75) is 51.7 Å². The average Bonchev–Trinajstić information content (AvgIpc) is 2.18. The fourth-order valence-electron chi connectivity index (χ4n) is 0.995. The molecule has 0 aliphatic heterocycles. The Bertz CT molecular complexity index is 424. The third-order valence-electron chi connectivity index (χ3n) is 3.15. The lowest BCUT2D eigenvalue weighted by Crippen LogP contribution is -2.40. The Labute approximate surface area is 119 Å². The molecule has 0 saturated heterocycles. The van der Waals surface area contributed by atoms with Crippen molar-refractivity contribution in [1.29, 1.82) is 0 Å². The summed E-state index contributed by atoms with van der Waals surface area (Å²) in [5.74, 6) is 5.85. The Balaban J connectivity index is 3.83. The van der Waals surface area contributed by atoms with Crippen LogP contribution in [-0.4, -0.2) is 36.2 Å². The Kier molecular flexibility index (Phi) is 7.30. The van der Waals surface area contributed by atoms with E-state index in [9.17, 15) is 8.42 Å². The van der Waals surface area contributed by atoms with Crippen LogP contribution in [0.4, 0.5) is 0 Å². The molecule has 0 atom stereocenters. The fourth-order valence-corrected chi connectivity index (χ4v) is 2.43. The summed E-state index contributed by atoms with van der Waals surface area (Å²) in [6.07, 6.45) is 2.13. The van der Waals surface area contributed by atoms with E-state index in [1.54, 1.807) is 0 Å². The van der Waals surface area contributed by atoms with Crippen molar-refractivity contribution < 1.29 is 17.0 Å². The molecule has 0 fully saturated rings. The van der Waals surface area contributed by atoms with E-state index in [-0.39, 0.29) is 11.6 Å². The molecule has 0 unspecified atom stereocenters. The third-order valence-corrected chi connectivity index (χ3v) is 8.28. The van der Waals surface area contributed by atoms with Gasteiger partial charge in [0.05, 0.1) is 12.9 Å². The first-order chi connectivity index (χ1) is 8.46. The van der Waals surface area contributed by atoms with Gasteiger partial charge in [-0.15, -0.1) is 11.8 Å². The van der Waals surface area contributed by atoms with E-state index in [0.717, 1.165) is 6.26 Å². The van der Waals surface area contributed by atoms with Gasteiger partial charge in [-0.2, -0.15) is 8.42 Å². The highest BCUT2D eigenvalue weighted by atomic mass is 32.2. The Morgan fingerprint density at radius 2 is 1.53 bits per heavy atom. The summed E-state index contributed by atoms with van der Waals surface area (Å²) in [5, 5.41) is 0.212. The highest BCUT2D eigenvalue weighted by Crippen LogP contribution is 2.36. The zero-order valence-electron chi connectivity index (χ0n) is 12.9. The molecule has 19 heavy (non-hydrogen) atoms. The molecule has 0 bridgehead atoms. The zero-order chi connectivity index (χ0) is 15.2. The summed E-state index contributed by atoms with van der Waals surface area (Å²) in [6.45, 7) is 11.8. The van der Waals surface area contributed by atoms with Crippen molar-refractivity contribution in [3.8, 4) is 11.8 Å². The van der Waals surface area contributed by atoms with E-state index < -0.39 is 18.4 Å². The van der Waals surface area contributed by atoms with Gasteiger partial charge >= 0.3 is 0 Å². The highest BCUT2D eigenvalue weighted by molar-refractivity contribution is 7.85. The maximum atomic E-state index is 10.7. The lowest BCUT2D eigenvalue weighted by molar-refractivity contribution is 0.296. The van der Waals surface area contributed by atoms with Gasteiger partial charge in [0.25, 0.3) is 10.1 Å². The van der Waals surface area contributed by atoms with Crippen LogP contribution in [0.2, 0.25) is 18.1 Å². The van der Waals surface area contributed by atoms with Gasteiger partial charge in [-0.25, -0.2) is 0 Å². The van der Waals surface area contributed by atoms with Crippen LogP contribution in [0.15, 0.2) is 0 Å². The molecule has 0 aromatic heterocycles. The molecule has 4 nitrogen and oxygen atoms in total. The standard InChI is InChI=1S/C13H26O4SSi/c1-13(2,3)19(5,6)17-12-10-8-7-9-11-16-18(4,14)15/h9-12H2,1-6H3. The minimum Gasteiger partial charge on any atom is -0.416 e. The van der Waals surface area contributed by atoms with Crippen molar-refractivity contribution in [2.75, 3.05) is 19.5 Å². The molecule has 0 spiro atoms. The van der Waals surface area contributed by atoms with Gasteiger partial charge in [0.2, 0.25) is 0 Å². The normalized spacial score (nSPS) is 12.9. The number of hydrogen-bond acceptors (Lipinski definition) is 4. The second kappa shape index (κ2) is 7.43.